The number of rotatable bonds is 8. The quantitative estimate of drug-likeness (QED) is 0.538. The van der Waals surface area contributed by atoms with E-state index in [1.807, 2.05) is 37.2 Å². The number of amides is 1. The average molecular weight is 428 g/mol. The molecule has 1 amide bonds. The Labute approximate surface area is 182 Å². The minimum absolute atomic E-state index is 0.103. The van der Waals surface area contributed by atoms with Crippen LogP contribution in [0.2, 0.25) is 5.02 Å². The van der Waals surface area contributed by atoms with Crippen LogP contribution >= 0.6 is 11.6 Å². The Morgan fingerprint density at radius 3 is 2.57 bits per heavy atom. The van der Waals surface area contributed by atoms with E-state index >= 15 is 0 Å². The van der Waals surface area contributed by atoms with Crippen LogP contribution in [0.25, 0.3) is 10.9 Å². The van der Waals surface area contributed by atoms with Gasteiger partial charge in [0.05, 0.1) is 19.2 Å². The van der Waals surface area contributed by atoms with Gasteiger partial charge in [0.1, 0.15) is 11.6 Å². The van der Waals surface area contributed by atoms with E-state index in [4.69, 9.17) is 26.1 Å². The standard InChI is InChI=1S/C23H26ClN3O3/c1-26(2)22-18(12-16-8-9-20(30-4)14-21(16)25-22)15-27(10-11-29-3)23(28)17-6-5-7-19(24)13-17/h5-9,12-14H,10-11,15H2,1-4H3. The predicted octanol–water partition coefficient (Wildman–Crippen LogP) is 4.25. The molecule has 0 atom stereocenters. The molecule has 1 aromatic heterocycles. The van der Waals surface area contributed by atoms with Gasteiger partial charge in [0.15, 0.2) is 0 Å². The Morgan fingerprint density at radius 1 is 1.10 bits per heavy atom. The Kier molecular flexibility index (Phi) is 7.13. The molecule has 158 valence electrons. The normalized spacial score (nSPS) is 10.8. The van der Waals surface area contributed by atoms with Crippen LogP contribution in [0.1, 0.15) is 15.9 Å². The molecule has 6 nitrogen and oxygen atoms in total. The number of hydrogen-bond donors (Lipinski definition) is 0. The van der Waals surface area contributed by atoms with E-state index in [0.29, 0.717) is 30.3 Å². The molecule has 3 aromatic rings. The molecule has 2 aromatic carbocycles. The molecule has 0 aliphatic heterocycles. The van der Waals surface area contributed by atoms with Gasteiger partial charge in [0.2, 0.25) is 0 Å². The SMILES string of the molecule is COCCN(Cc1cc2ccc(OC)cc2nc1N(C)C)C(=O)c1cccc(Cl)c1. The van der Waals surface area contributed by atoms with Gasteiger partial charge in [-0.3, -0.25) is 4.79 Å². The van der Waals surface area contributed by atoms with Crippen LogP contribution in [-0.4, -0.2) is 57.3 Å². The van der Waals surface area contributed by atoms with Crippen molar-refractivity contribution in [1.29, 1.82) is 0 Å². The minimum Gasteiger partial charge on any atom is -0.497 e. The lowest BCUT2D eigenvalue weighted by molar-refractivity contribution is 0.0680. The fourth-order valence-electron chi connectivity index (χ4n) is 3.27. The second kappa shape index (κ2) is 9.78. The molecule has 0 N–H and O–H groups in total. The first-order valence-corrected chi connectivity index (χ1v) is 9.99. The largest absolute Gasteiger partial charge is 0.497 e. The third kappa shape index (κ3) is 5.01. The number of carbonyl (C=O) groups is 1. The van der Waals surface area contributed by atoms with Crippen LogP contribution < -0.4 is 9.64 Å². The number of halogens is 1. The molecule has 0 aliphatic rings. The van der Waals surface area contributed by atoms with E-state index in [0.717, 1.165) is 28.0 Å². The molecule has 0 radical (unpaired) electrons. The first-order valence-electron chi connectivity index (χ1n) is 9.61. The van der Waals surface area contributed by atoms with Crippen LogP contribution in [0.3, 0.4) is 0 Å². The molecule has 0 fully saturated rings. The average Bonchev–Trinajstić information content (AvgIpc) is 2.75. The number of carbonyl (C=O) groups excluding carboxylic acids is 1. The van der Waals surface area contributed by atoms with Crippen molar-refractivity contribution in [3.8, 4) is 5.75 Å². The zero-order valence-electron chi connectivity index (χ0n) is 17.7. The molecule has 7 heteroatoms. The molecule has 0 aliphatic carbocycles. The Balaban J connectivity index is 2.00. The van der Waals surface area contributed by atoms with Gasteiger partial charge in [-0.2, -0.15) is 0 Å². The molecule has 30 heavy (non-hydrogen) atoms. The summed E-state index contributed by atoms with van der Waals surface area (Å²) >= 11 is 6.09. The van der Waals surface area contributed by atoms with Crippen molar-refractivity contribution in [2.45, 2.75) is 6.54 Å². The van der Waals surface area contributed by atoms with E-state index in [1.165, 1.54) is 0 Å². The minimum atomic E-state index is -0.103. The zero-order chi connectivity index (χ0) is 21.7. The van der Waals surface area contributed by atoms with Crippen LogP contribution in [0.5, 0.6) is 5.75 Å². The van der Waals surface area contributed by atoms with Crippen molar-refractivity contribution in [1.82, 2.24) is 9.88 Å². The molecule has 0 spiro atoms. The van der Waals surface area contributed by atoms with Gasteiger partial charge in [-0.1, -0.05) is 17.7 Å². The summed E-state index contributed by atoms with van der Waals surface area (Å²) in [5, 5.41) is 1.51. The Hall–Kier alpha value is -2.83. The molecule has 0 saturated carbocycles. The lowest BCUT2D eigenvalue weighted by Gasteiger charge is -2.25. The van der Waals surface area contributed by atoms with E-state index < -0.39 is 0 Å². The molecule has 0 saturated heterocycles. The number of anilines is 1. The highest BCUT2D eigenvalue weighted by atomic mass is 35.5. The Bertz CT molecular complexity index is 1040. The highest BCUT2D eigenvalue weighted by Gasteiger charge is 2.19. The van der Waals surface area contributed by atoms with Crippen molar-refractivity contribution >= 4 is 34.2 Å². The third-order valence-corrected chi connectivity index (χ3v) is 5.02. The second-order valence-corrected chi connectivity index (χ2v) is 7.59. The van der Waals surface area contributed by atoms with Crippen molar-refractivity contribution in [2.24, 2.45) is 0 Å². The summed E-state index contributed by atoms with van der Waals surface area (Å²) < 4.78 is 10.6. The fourth-order valence-corrected chi connectivity index (χ4v) is 3.46. The second-order valence-electron chi connectivity index (χ2n) is 7.15. The van der Waals surface area contributed by atoms with Gasteiger partial charge < -0.3 is 19.3 Å². The molecule has 0 bridgehead atoms. The molecule has 1 heterocycles. The number of nitrogens with zero attached hydrogens (tertiary/aromatic N) is 3. The van der Waals surface area contributed by atoms with E-state index in [-0.39, 0.29) is 5.91 Å². The summed E-state index contributed by atoms with van der Waals surface area (Å²) in [5.74, 6) is 1.46. The maximum atomic E-state index is 13.2. The molecule has 0 unspecified atom stereocenters. The number of benzene rings is 2. The van der Waals surface area contributed by atoms with E-state index in [1.54, 1.807) is 43.4 Å². The molecule has 3 rings (SSSR count). The highest BCUT2D eigenvalue weighted by Crippen LogP contribution is 2.27. The van der Waals surface area contributed by atoms with Crippen LogP contribution in [0.4, 0.5) is 5.82 Å². The number of hydrogen-bond acceptors (Lipinski definition) is 5. The maximum absolute atomic E-state index is 13.2. The molecular weight excluding hydrogens is 402 g/mol. The van der Waals surface area contributed by atoms with Crippen LogP contribution in [-0.2, 0) is 11.3 Å². The summed E-state index contributed by atoms with van der Waals surface area (Å²) in [6.07, 6.45) is 0. The van der Waals surface area contributed by atoms with Crippen molar-refractivity contribution in [3.63, 3.8) is 0 Å². The highest BCUT2D eigenvalue weighted by molar-refractivity contribution is 6.30. The third-order valence-electron chi connectivity index (χ3n) is 4.79. The number of methoxy groups -OCH3 is 2. The Morgan fingerprint density at radius 2 is 1.90 bits per heavy atom. The summed E-state index contributed by atoms with van der Waals surface area (Å²) in [7, 11) is 7.14. The van der Waals surface area contributed by atoms with Crippen molar-refractivity contribution in [3.05, 3.63) is 64.7 Å². The first kappa shape index (κ1) is 21.9. The summed E-state index contributed by atoms with van der Waals surface area (Å²) in [6.45, 7) is 1.29. The van der Waals surface area contributed by atoms with E-state index in [2.05, 4.69) is 6.07 Å². The maximum Gasteiger partial charge on any atom is 0.254 e. The van der Waals surface area contributed by atoms with Gasteiger partial charge >= 0.3 is 0 Å². The van der Waals surface area contributed by atoms with Crippen molar-refractivity contribution < 1.29 is 14.3 Å². The van der Waals surface area contributed by atoms with Gasteiger partial charge in [0, 0.05) is 61.9 Å². The van der Waals surface area contributed by atoms with Gasteiger partial charge in [-0.25, -0.2) is 4.98 Å². The summed E-state index contributed by atoms with van der Waals surface area (Å²) in [4.78, 5) is 21.7. The number of aromatic nitrogens is 1. The zero-order valence-corrected chi connectivity index (χ0v) is 18.4. The first-order chi connectivity index (χ1) is 14.4. The van der Waals surface area contributed by atoms with Crippen LogP contribution in [0, 0.1) is 0 Å². The monoisotopic (exact) mass is 427 g/mol. The lowest BCUT2D eigenvalue weighted by atomic mass is 10.1. The molecular formula is C23H26ClN3O3. The van der Waals surface area contributed by atoms with Gasteiger partial charge in [-0.15, -0.1) is 0 Å². The van der Waals surface area contributed by atoms with E-state index in [9.17, 15) is 4.79 Å². The van der Waals surface area contributed by atoms with Gasteiger partial charge in [-0.05, 0) is 36.4 Å². The number of ether oxygens (including phenoxy) is 2. The van der Waals surface area contributed by atoms with Crippen LogP contribution in [0.15, 0.2) is 48.5 Å². The van der Waals surface area contributed by atoms with Gasteiger partial charge in [0.25, 0.3) is 5.91 Å². The fraction of sp³-hybridized carbons (Fsp3) is 0.304. The van der Waals surface area contributed by atoms with Crippen molar-refractivity contribution in [2.75, 3.05) is 46.4 Å². The number of pyridine rings is 1. The summed E-state index contributed by atoms with van der Waals surface area (Å²) in [5.41, 5.74) is 2.33. The summed E-state index contributed by atoms with van der Waals surface area (Å²) in [6, 6.07) is 14.8. The lowest BCUT2D eigenvalue weighted by Crippen LogP contribution is -2.34. The predicted molar refractivity (Wildman–Crippen MR) is 121 cm³/mol. The topological polar surface area (TPSA) is 54.9 Å². The number of fused-ring (bicyclic) bond motifs is 1. The smallest absolute Gasteiger partial charge is 0.254 e.